The van der Waals surface area contributed by atoms with Gasteiger partial charge in [0, 0.05) is 12.1 Å². The second kappa shape index (κ2) is 6.33. The van der Waals surface area contributed by atoms with Gasteiger partial charge in [0.15, 0.2) is 0 Å². The Hall–Kier alpha value is -1.78. The van der Waals surface area contributed by atoms with Crippen molar-refractivity contribution in [2.75, 3.05) is 6.61 Å². The zero-order chi connectivity index (χ0) is 16.4. The summed E-state index contributed by atoms with van der Waals surface area (Å²) in [5.74, 6) is -0.116. The summed E-state index contributed by atoms with van der Waals surface area (Å²) in [6.45, 7) is -0.612. The Bertz CT molecular complexity index is 554. The van der Waals surface area contributed by atoms with Gasteiger partial charge in [0.25, 0.3) is 5.69 Å². The van der Waals surface area contributed by atoms with Crippen LogP contribution in [0.2, 0.25) is 0 Å². The molecule has 1 aliphatic heterocycles. The zero-order valence-corrected chi connectivity index (χ0v) is 10.7. The molecule has 1 fully saturated rings. The van der Waals surface area contributed by atoms with Crippen LogP contribution in [-0.4, -0.2) is 62.7 Å². The highest BCUT2D eigenvalue weighted by molar-refractivity contribution is 5.36. The third-order valence-electron chi connectivity index (χ3n) is 3.07. The molecule has 1 heterocycles. The molecule has 1 unspecified atom stereocenters. The lowest BCUT2D eigenvalue weighted by atomic mass is 9.99. The second-order valence-corrected chi connectivity index (χ2v) is 4.48. The predicted molar refractivity (Wildman–Crippen MR) is 67.5 cm³/mol. The lowest BCUT2D eigenvalue weighted by molar-refractivity contribution is -0.384. The second-order valence-electron chi connectivity index (χ2n) is 4.48. The summed E-state index contributed by atoms with van der Waals surface area (Å²) in [5.41, 5.74) is -0.300. The molecule has 0 aliphatic carbocycles. The Balaban J connectivity index is 2.17. The van der Waals surface area contributed by atoms with Crippen LogP contribution in [0.15, 0.2) is 24.2 Å². The van der Waals surface area contributed by atoms with Crippen molar-refractivity contribution in [1.29, 1.82) is 0 Å². The first-order chi connectivity index (χ1) is 10.3. The van der Waals surface area contributed by atoms with Gasteiger partial charge in [-0.25, -0.2) is 0 Å². The van der Waals surface area contributed by atoms with Crippen molar-refractivity contribution in [3.8, 4) is 5.75 Å². The van der Waals surface area contributed by atoms with Crippen molar-refractivity contribution >= 4 is 5.69 Å². The van der Waals surface area contributed by atoms with Gasteiger partial charge in [-0.15, -0.1) is 0 Å². The molecule has 1 aromatic rings. The lowest BCUT2D eigenvalue weighted by Gasteiger charge is -2.39. The van der Waals surface area contributed by atoms with Crippen molar-refractivity contribution in [3.63, 3.8) is 0 Å². The fourth-order valence-electron chi connectivity index (χ4n) is 1.88. The van der Waals surface area contributed by atoms with E-state index in [1.165, 1.54) is 0 Å². The van der Waals surface area contributed by atoms with E-state index in [9.17, 15) is 25.4 Å². The molecule has 0 saturated carbocycles. The lowest BCUT2D eigenvalue weighted by Crippen LogP contribution is -2.60. The van der Waals surface area contributed by atoms with E-state index in [2.05, 4.69) is 0 Å². The van der Waals surface area contributed by atoms with Gasteiger partial charge in [0.1, 0.15) is 30.2 Å². The molecule has 2 rings (SSSR count). The smallest absolute Gasteiger partial charge is 0.269 e. The fourth-order valence-corrected chi connectivity index (χ4v) is 1.88. The molecule has 0 spiro atoms. The SMILES string of the molecule is [2H]c1cc([N+](=O)[O-])ccc1OC1O[C@H](CO)[C@@H](O)[C@H](O)[C@@H]1O. The van der Waals surface area contributed by atoms with E-state index in [4.69, 9.17) is 16.0 Å². The van der Waals surface area contributed by atoms with Gasteiger partial charge in [-0.3, -0.25) is 10.1 Å². The van der Waals surface area contributed by atoms with Crippen LogP contribution in [0.5, 0.6) is 5.75 Å². The van der Waals surface area contributed by atoms with E-state index in [1.54, 1.807) is 0 Å². The first-order valence-corrected chi connectivity index (χ1v) is 6.07. The molecule has 1 saturated heterocycles. The number of hydrogen-bond donors (Lipinski definition) is 4. The van der Waals surface area contributed by atoms with E-state index in [1.807, 2.05) is 0 Å². The minimum Gasteiger partial charge on any atom is -0.462 e. The number of aliphatic hydroxyl groups excluding tert-OH is 4. The maximum Gasteiger partial charge on any atom is 0.269 e. The minimum absolute atomic E-state index is 0.116. The predicted octanol–water partition coefficient (Wildman–Crippen LogP) is -1.23. The Morgan fingerprint density at radius 2 is 2.00 bits per heavy atom. The summed E-state index contributed by atoms with van der Waals surface area (Å²) >= 11 is 0. The number of nitrogens with zero attached hydrogens (tertiary/aromatic N) is 1. The highest BCUT2D eigenvalue weighted by Crippen LogP contribution is 2.25. The van der Waals surface area contributed by atoms with E-state index in [0.29, 0.717) is 0 Å². The fraction of sp³-hybridized carbons (Fsp3) is 0.500. The number of benzene rings is 1. The Morgan fingerprint density at radius 3 is 2.57 bits per heavy atom. The number of non-ortho nitro benzene ring substituents is 1. The maximum atomic E-state index is 10.6. The number of nitro benzene ring substituents is 1. The third-order valence-corrected chi connectivity index (χ3v) is 3.07. The number of rotatable bonds is 4. The quantitative estimate of drug-likeness (QED) is 0.400. The molecule has 0 amide bonds. The van der Waals surface area contributed by atoms with Gasteiger partial charge in [-0.05, 0) is 12.1 Å². The first kappa shape index (κ1) is 14.2. The van der Waals surface area contributed by atoms with E-state index < -0.39 is 42.2 Å². The molecule has 4 N–H and O–H groups in total. The van der Waals surface area contributed by atoms with Crippen LogP contribution in [0.3, 0.4) is 0 Å². The molecule has 21 heavy (non-hydrogen) atoms. The number of hydrogen-bond acceptors (Lipinski definition) is 8. The topological polar surface area (TPSA) is 143 Å². The normalized spacial score (nSPS) is 33.3. The summed E-state index contributed by atoms with van der Waals surface area (Å²) in [5, 5.41) is 48.7. The van der Waals surface area contributed by atoms with Crippen LogP contribution in [-0.2, 0) is 4.74 Å². The Kier molecular flexibility index (Phi) is 4.27. The zero-order valence-electron chi connectivity index (χ0n) is 11.7. The van der Waals surface area contributed by atoms with Gasteiger partial charge in [0.2, 0.25) is 6.29 Å². The Labute approximate surface area is 120 Å². The van der Waals surface area contributed by atoms with Crippen LogP contribution >= 0.6 is 0 Å². The van der Waals surface area contributed by atoms with E-state index in [-0.39, 0.29) is 17.5 Å². The monoisotopic (exact) mass is 302 g/mol. The summed E-state index contributed by atoms with van der Waals surface area (Å²) in [4.78, 5) is 9.92. The van der Waals surface area contributed by atoms with Crippen molar-refractivity contribution in [2.45, 2.75) is 30.7 Å². The molecule has 9 heteroatoms. The van der Waals surface area contributed by atoms with Gasteiger partial charge in [-0.2, -0.15) is 0 Å². The summed E-state index contributed by atoms with van der Waals surface area (Å²) in [6, 6.07) is 2.91. The van der Waals surface area contributed by atoms with Gasteiger partial charge >= 0.3 is 0 Å². The van der Waals surface area contributed by atoms with E-state index in [0.717, 1.165) is 18.2 Å². The van der Waals surface area contributed by atoms with Gasteiger partial charge < -0.3 is 29.9 Å². The van der Waals surface area contributed by atoms with Crippen LogP contribution in [0.25, 0.3) is 0 Å². The minimum atomic E-state index is -1.62. The molecule has 116 valence electrons. The molecule has 0 aromatic heterocycles. The average molecular weight is 302 g/mol. The van der Waals surface area contributed by atoms with Crippen LogP contribution < -0.4 is 4.74 Å². The molecular weight excluding hydrogens is 286 g/mol. The van der Waals surface area contributed by atoms with Crippen molar-refractivity contribution in [2.24, 2.45) is 0 Å². The summed E-state index contributed by atoms with van der Waals surface area (Å²) in [6.07, 6.45) is -7.33. The maximum absolute atomic E-state index is 10.6. The van der Waals surface area contributed by atoms with Crippen LogP contribution in [0.1, 0.15) is 1.37 Å². The molecule has 5 atom stereocenters. The average Bonchev–Trinajstić information content (AvgIpc) is 2.49. The van der Waals surface area contributed by atoms with Gasteiger partial charge in [-0.1, -0.05) is 0 Å². The highest BCUT2D eigenvalue weighted by Gasteiger charge is 2.44. The number of aliphatic hydroxyl groups is 4. The highest BCUT2D eigenvalue weighted by atomic mass is 16.7. The first-order valence-electron chi connectivity index (χ1n) is 6.57. The summed E-state index contributed by atoms with van der Waals surface area (Å²) < 4.78 is 18.0. The molecule has 9 nitrogen and oxygen atoms in total. The largest absolute Gasteiger partial charge is 0.462 e. The molecule has 0 bridgehead atoms. The molecule has 0 radical (unpaired) electrons. The molecule has 1 aromatic carbocycles. The van der Waals surface area contributed by atoms with Gasteiger partial charge in [0.05, 0.1) is 12.9 Å². The summed E-state index contributed by atoms with van der Waals surface area (Å²) in [7, 11) is 0. The molecule has 1 aliphatic rings. The standard InChI is InChI=1S/C12H15NO8/c14-5-8-9(15)10(16)11(17)12(21-8)20-7-3-1-6(2-4-7)13(18)19/h1-4,8-12,14-17H,5H2/t8-,9-,10+,11+,12?/m1/s1/i3D. The number of nitro groups is 1. The molecular formula is C12H15NO8. The van der Waals surface area contributed by atoms with Crippen LogP contribution in [0.4, 0.5) is 5.69 Å². The van der Waals surface area contributed by atoms with Crippen molar-refractivity contribution in [1.82, 2.24) is 0 Å². The van der Waals surface area contributed by atoms with Crippen LogP contribution in [0, 0.1) is 10.1 Å². The van der Waals surface area contributed by atoms with E-state index >= 15 is 0 Å². The number of ether oxygens (including phenoxy) is 2. The Morgan fingerprint density at radius 1 is 1.29 bits per heavy atom. The van der Waals surface area contributed by atoms with Crippen molar-refractivity contribution < 1.29 is 36.2 Å². The third kappa shape index (κ3) is 3.28. The van der Waals surface area contributed by atoms with Crippen molar-refractivity contribution in [3.05, 3.63) is 34.4 Å².